The molecule has 0 unspecified atom stereocenters. The second-order valence-corrected chi connectivity index (χ2v) is 3.19. The highest BCUT2D eigenvalue weighted by molar-refractivity contribution is 5.46. The Hall–Kier alpha value is -1.38. The molecule has 0 bridgehead atoms. The van der Waals surface area contributed by atoms with Crippen LogP contribution in [0, 0.1) is 0 Å². The highest BCUT2D eigenvalue weighted by Crippen LogP contribution is 2.13. The lowest BCUT2D eigenvalue weighted by molar-refractivity contribution is 0.771. The number of nitrogens with zero attached hydrogens (tertiary/aromatic N) is 3. The van der Waals surface area contributed by atoms with E-state index in [0.717, 1.165) is 5.52 Å². The predicted octanol–water partition coefficient (Wildman–Crippen LogP) is 1.85. The molecule has 2 aromatic rings. The molecule has 0 saturated carbocycles. The number of aromatic nitrogens is 3. The van der Waals surface area contributed by atoms with Crippen LogP contribution in [-0.4, -0.2) is 14.8 Å². The van der Waals surface area contributed by atoms with Crippen molar-refractivity contribution >= 4 is 5.52 Å². The summed E-state index contributed by atoms with van der Waals surface area (Å²) in [6.07, 6.45) is 3.62. The zero-order valence-electron chi connectivity index (χ0n) is 7.23. The Balaban J connectivity index is 2.60. The Bertz CT molecular complexity index is 389. The molecule has 12 heavy (non-hydrogen) atoms. The van der Waals surface area contributed by atoms with Crippen molar-refractivity contribution in [2.45, 2.75) is 19.8 Å². The topological polar surface area (TPSA) is 30.2 Å². The van der Waals surface area contributed by atoms with E-state index in [2.05, 4.69) is 30.1 Å². The molecule has 3 nitrogen and oxygen atoms in total. The maximum atomic E-state index is 4.17. The zero-order chi connectivity index (χ0) is 8.55. The van der Waals surface area contributed by atoms with Gasteiger partial charge in [0.05, 0.1) is 17.9 Å². The maximum Gasteiger partial charge on any atom is 0.0875 e. The summed E-state index contributed by atoms with van der Waals surface area (Å²) in [7, 11) is 0. The van der Waals surface area contributed by atoms with E-state index in [4.69, 9.17) is 0 Å². The van der Waals surface area contributed by atoms with E-state index < -0.39 is 0 Å². The Morgan fingerprint density at radius 2 is 2.17 bits per heavy atom. The van der Waals surface area contributed by atoms with Gasteiger partial charge in [-0.3, -0.25) is 0 Å². The largest absolute Gasteiger partial charge is 0.159 e. The molecule has 0 aromatic carbocycles. The fourth-order valence-corrected chi connectivity index (χ4v) is 1.15. The van der Waals surface area contributed by atoms with E-state index in [1.807, 2.05) is 12.3 Å². The van der Waals surface area contributed by atoms with E-state index in [1.54, 1.807) is 10.8 Å². The Morgan fingerprint density at radius 1 is 1.33 bits per heavy atom. The van der Waals surface area contributed by atoms with E-state index in [9.17, 15) is 0 Å². The van der Waals surface area contributed by atoms with Gasteiger partial charge in [0.15, 0.2) is 0 Å². The van der Waals surface area contributed by atoms with Crippen LogP contribution < -0.4 is 0 Å². The molecule has 0 saturated heterocycles. The number of fused-ring (bicyclic) bond motifs is 1. The standard InChI is InChI=1S/C9H11N3/c1-7(2)8-5-9-3-4-10-12(9)11-6-8/h3-7H,1-2H3. The Kier molecular flexibility index (Phi) is 1.57. The summed E-state index contributed by atoms with van der Waals surface area (Å²) in [4.78, 5) is 0. The first kappa shape index (κ1) is 7.28. The normalized spacial score (nSPS) is 11.2. The fraction of sp³-hybridized carbons (Fsp3) is 0.333. The summed E-state index contributed by atoms with van der Waals surface area (Å²) in [5, 5.41) is 8.19. The summed E-state index contributed by atoms with van der Waals surface area (Å²) in [5.74, 6) is 0.525. The molecular formula is C9H11N3. The molecule has 2 aromatic heterocycles. The minimum atomic E-state index is 0.525. The van der Waals surface area contributed by atoms with E-state index >= 15 is 0 Å². The van der Waals surface area contributed by atoms with Gasteiger partial charge in [-0.15, -0.1) is 0 Å². The second kappa shape index (κ2) is 2.59. The molecule has 3 heteroatoms. The SMILES string of the molecule is CC(C)c1cnn2nccc2c1. The molecule has 0 aliphatic carbocycles. The summed E-state index contributed by atoms with van der Waals surface area (Å²) >= 11 is 0. The lowest BCUT2D eigenvalue weighted by Gasteiger charge is -2.03. The van der Waals surface area contributed by atoms with Crippen LogP contribution in [0.2, 0.25) is 0 Å². The van der Waals surface area contributed by atoms with Crippen LogP contribution in [0.25, 0.3) is 5.52 Å². The summed E-state index contributed by atoms with van der Waals surface area (Å²) in [6.45, 7) is 4.31. The number of hydrogen-bond donors (Lipinski definition) is 0. The van der Waals surface area contributed by atoms with Crippen molar-refractivity contribution in [3.05, 3.63) is 30.1 Å². The maximum absolute atomic E-state index is 4.17. The first-order chi connectivity index (χ1) is 5.77. The summed E-state index contributed by atoms with van der Waals surface area (Å²) in [6, 6.07) is 4.07. The number of rotatable bonds is 1. The van der Waals surface area contributed by atoms with Crippen molar-refractivity contribution in [3.8, 4) is 0 Å². The smallest absolute Gasteiger partial charge is 0.0875 e. The molecule has 0 amide bonds. The molecule has 2 rings (SSSR count). The van der Waals surface area contributed by atoms with E-state index in [0.29, 0.717) is 5.92 Å². The fourth-order valence-electron chi connectivity index (χ4n) is 1.15. The quantitative estimate of drug-likeness (QED) is 0.639. The van der Waals surface area contributed by atoms with E-state index in [-0.39, 0.29) is 0 Å². The molecule has 2 heterocycles. The molecular weight excluding hydrogens is 150 g/mol. The van der Waals surface area contributed by atoms with Crippen molar-refractivity contribution < 1.29 is 0 Å². The third-order valence-electron chi connectivity index (χ3n) is 1.95. The second-order valence-electron chi connectivity index (χ2n) is 3.19. The van der Waals surface area contributed by atoms with Crippen LogP contribution in [0.1, 0.15) is 25.3 Å². The minimum Gasteiger partial charge on any atom is -0.159 e. The van der Waals surface area contributed by atoms with Gasteiger partial charge in [-0.2, -0.15) is 14.8 Å². The first-order valence-corrected chi connectivity index (χ1v) is 4.07. The van der Waals surface area contributed by atoms with Crippen LogP contribution in [-0.2, 0) is 0 Å². The van der Waals surface area contributed by atoms with Gasteiger partial charge < -0.3 is 0 Å². The van der Waals surface area contributed by atoms with Crippen molar-refractivity contribution in [3.63, 3.8) is 0 Å². The summed E-state index contributed by atoms with van der Waals surface area (Å²) in [5.41, 5.74) is 2.31. The first-order valence-electron chi connectivity index (χ1n) is 4.07. The van der Waals surface area contributed by atoms with Gasteiger partial charge in [-0.1, -0.05) is 13.8 Å². The van der Waals surface area contributed by atoms with Crippen molar-refractivity contribution in [1.82, 2.24) is 14.8 Å². The molecule has 0 radical (unpaired) electrons. The molecule has 0 fully saturated rings. The van der Waals surface area contributed by atoms with Gasteiger partial charge in [0.25, 0.3) is 0 Å². The lowest BCUT2D eigenvalue weighted by atomic mass is 10.1. The van der Waals surface area contributed by atoms with Crippen molar-refractivity contribution in [1.29, 1.82) is 0 Å². The van der Waals surface area contributed by atoms with Gasteiger partial charge in [-0.25, -0.2) is 0 Å². The Labute approximate surface area is 71.0 Å². The van der Waals surface area contributed by atoms with Gasteiger partial charge in [0.1, 0.15) is 0 Å². The van der Waals surface area contributed by atoms with Gasteiger partial charge >= 0.3 is 0 Å². The minimum absolute atomic E-state index is 0.525. The molecule has 0 atom stereocenters. The van der Waals surface area contributed by atoms with E-state index in [1.165, 1.54) is 5.56 Å². The van der Waals surface area contributed by atoms with Gasteiger partial charge in [0, 0.05) is 0 Å². The lowest BCUT2D eigenvalue weighted by Crippen LogP contribution is -1.96. The third-order valence-corrected chi connectivity index (χ3v) is 1.95. The van der Waals surface area contributed by atoms with Gasteiger partial charge in [0.2, 0.25) is 0 Å². The highest BCUT2D eigenvalue weighted by Gasteiger charge is 2.00. The zero-order valence-corrected chi connectivity index (χ0v) is 7.23. The van der Waals surface area contributed by atoms with Crippen molar-refractivity contribution in [2.75, 3.05) is 0 Å². The summed E-state index contributed by atoms with van der Waals surface area (Å²) < 4.78 is 1.63. The molecule has 0 N–H and O–H groups in total. The van der Waals surface area contributed by atoms with Crippen molar-refractivity contribution in [2.24, 2.45) is 0 Å². The highest BCUT2D eigenvalue weighted by atomic mass is 15.4. The molecule has 0 spiro atoms. The Morgan fingerprint density at radius 3 is 2.92 bits per heavy atom. The van der Waals surface area contributed by atoms with Crippen LogP contribution in [0.15, 0.2) is 24.5 Å². The van der Waals surface area contributed by atoms with Crippen LogP contribution >= 0.6 is 0 Å². The number of hydrogen-bond acceptors (Lipinski definition) is 2. The van der Waals surface area contributed by atoms with Crippen LogP contribution in [0.5, 0.6) is 0 Å². The van der Waals surface area contributed by atoms with Gasteiger partial charge in [-0.05, 0) is 23.6 Å². The average molecular weight is 161 g/mol. The molecule has 0 aliphatic heterocycles. The molecule has 62 valence electrons. The predicted molar refractivity (Wildman–Crippen MR) is 47.1 cm³/mol. The average Bonchev–Trinajstić information content (AvgIpc) is 2.49. The van der Waals surface area contributed by atoms with Crippen LogP contribution in [0.4, 0.5) is 0 Å². The van der Waals surface area contributed by atoms with Crippen LogP contribution in [0.3, 0.4) is 0 Å². The molecule has 0 aliphatic rings. The monoisotopic (exact) mass is 161 g/mol. The third kappa shape index (κ3) is 1.07.